The number of fused-ring (bicyclic) bond motifs is 1. The summed E-state index contributed by atoms with van der Waals surface area (Å²) in [6.45, 7) is -2.21. The monoisotopic (exact) mass is 1050 g/mol. The molecule has 3 fully saturated rings. The predicted molar refractivity (Wildman–Crippen MR) is 249 cm³/mol. The first-order valence-electron chi connectivity index (χ1n) is 22.9. The maximum absolute atomic E-state index is 13.2. The van der Waals surface area contributed by atoms with Gasteiger partial charge in [0.15, 0.2) is 47.6 Å². The van der Waals surface area contributed by atoms with E-state index in [1.807, 2.05) is 0 Å². The number of phenols is 6. The van der Waals surface area contributed by atoms with Gasteiger partial charge in [-0.05, 0) is 65.8 Å². The van der Waals surface area contributed by atoms with Gasteiger partial charge in [0, 0.05) is 29.8 Å². The maximum Gasteiger partial charge on any atom is 0.331 e. The van der Waals surface area contributed by atoms with Crippen LogP contribution in [0.4, 0.5) is 0 Å². The zero-order valence-corrected chi connectivity index (χ0v) is 38.8. The highest BCUT2D eigenvalue weighted by Crippen LogP contribution is 2.47. The van der Waals surface area contributed by atoms with Crippen LogP contribution in [0.2, 0.25) is 0 Å². The highest BCUT2D eigenvalue weighted by atomic mass is 16.8. The number of esters is 2. The van der Waals surface area contributed by atoms with Crippen molar-refractivity contribution in [3.8, 4) is 46.0 Å². The van der Waals surface area contributed by atoms with Crippen LogP contribution < -0.4 is 9.47 Å². The normalized spacial score (nSPS) is 30.7. The van der Waals surface area contributed by atoms with Gasteiger partial charge in [-0.3, -0.25) is 0 Å². The minimum absolute atomic E-state index is 0.0220. The number of carbonyl (C=O) groups is 2. The van der Waals surface area contributed by atoms with Crippen molar-refractivity contribution in [2.45, 2.75) is 92.1 Å². The van der Waals surface area contributed by atoms with Gasteiger partial charge in [0.25, 0.3) is 0 Å². The molecule has 25 heteroatoms. The number of aromatic hydroxyl groups is 6. The lowest BCUT2D eigenvalue weighted by Crippen LogP contribution is -2.63. The van der Waals surface area contributed by atoms with Gasteiger partial charge in [-0.15, -0.1) is 0 Å². The Morgan fingerprint density at radius 3 is 1.96 bits per heavy atom. The predicted octanol–water partition coefficient (Wildman–Crippen LogP) is -0.618. The van der Waals surface area contributed by atoms with Gasteiger partial charge in [-0.2, -0.15) is 0 Å². The van der Waals surface area contributed by atoms with E-state index in [1.165, 1.54) is 54.6 Å². The third-order valence-corrected chi connectivity index (χ3v) is 12.2. The molecule has 4 aromatic carbocycles. The minimum Gasteiger partial charge on any atom is -0.508 e. The van der Waals surface area contributed by atoms with E-state index in [-0.39, 0.29) is 39.7 Å². The van der Waals surface area contributed by atoms with Gasteiger partial charge < -0.3 is 114 Å². The number of hydrogen-bond acceptors (Lipinski definition) is 25. The Balaban J connectivity index is 1.14. The number of benzene rings is 4. The van der Waals surface area contributed by atoms with E-state index in [0.29, 0.717) is 5.56 Å². The number of ether oxygens (including phenoxy) is 9. The van der Waals surface area contributed by atoms with Crippen LogP contribution in [-0.4, -0.2) is 189 Å². The van der Waals surface area contributed by atoms with Crippen LogP contribution >= 0.6 is 0 Å². The van der Waals surface area contributed by atoms with Gasteiger partial charge in [-0.1, -0.05) is 24.3 Å². The zero-order chi connectivity index (χ0) is 53.8. The molecule has 4 aliphatic rings. The molecule has 4 aliphatic heterocycles. The summed E-state index contributed by atoms with van der Waals surface area (Å²) < 4.78 is 53.0. The van der Waals surface area contributed by atoms with Crippen molar-refractivity contribution in [2.24, 2.45) is 0 Å². The Kier molecular flexibility index (Phi) is 16.7. The van der Waals surface area contributed by atoms with Crippen LogP contribution in [0.5, 0.6) is 46.0 Å². The number of carbonyl (C=O) groups excluding carboxylic acids is 2. The molecule has 0 aliphatic carbocycles. The fourth-order valence-electron chi connectivity index (χ4n) is 8.17. The Hall–Kier alpha value is -7.24. The fourth-order valence-corrected chi connectivity index (χ4v) is 8.17. The third-order valence-electron chi connectivity index (χ3n) is 12.2. The summed E-state index contributed by atoms with van der Waals surface area (Å²) in [5.74, 6) is -5.54. The summed E-state index contributed by atoms with van der Waals surface area (Å²) in [5.41, 5.74) is 0.696. The topological polar surface area (TPSA) is 400 Å². The number of aliphatic hydroxyl groups excluding tert-OH is 8. The molecule has 0 spiro atoms. The quantitative estimate of drug-likeness (QED) is 0.0401. The molecule has 0 saturated carbocycles. The SMILES string of the molecule is O=C(C=Cc1ccc(O)cc1)OCC1OC(OC2=Cc3c(cc(O)cc3OC3OC(CO)C(O)C(O)C3O)OC2c2ccc(O)c(O)c2)C(OC2OCC(O)C(O)C2OC(=O)C=Cc2ccc(O)c(O)c2)C(O)C1O. The molecule has 14 N–H and O–H groups in total. The molecular weight excluding hydrogens is 1000 g/mol. The smallest absolute Gasteiger partial charge is 0.331 e. The Morgan fingerprint density at radius 1 is 0.600 bits per heavy atom. The summed E-state index contributed by atoms with van der Waals surface area (Å²) >= 11 is 0. The largest absolute Gasteiger partial charge is 0.508 e. The first-order valence-corrected chi connectivity index (χ1v) is 22.9. The van der Waals surface area contributed by atoms with Crippen molar-refractivity contribution in [1.82, 2.24) is 0 Å². The molecule has 4 aromatic rings. The Bertz CT molecular complexity index is 2760. The molecule has 0 amide bonds. The van der Waals surface area contributed by atoms with Crippen LogP contribution in [0.1, 0.15) is 28.4 Å². The number of hydrogen-bond donors (Lipinski definition) is 14. The lowest BCUT2D eigenvalue weighted by molar-refractivity contribution is -0.353. The molecule has 75 heavy (non-hydrogen) atoms. The van der Waals surface area contributed by atoms with E-state index in [4.69, 9.17) is 42.6 Å². The van der Waals surface area contributed by atoms with Crippen molar-refractivity contribution in [3.63, 3.8) is 0 Å². The van der Waals surface area contributed by atoms with Crippen molar-refractivity contribution in [1.29, 1.82) is 0 Å². The van der Waals surface area contributed by atoms with E-state index in [2.05, 4.69) is 0 Å². The molecule has 15 unspecified atom stereocenters. The Morgan fingerprint density at radius 2 is 1.25 bits per heavy atom. The van der Waals surface area contributed by atoms with E-state index >= 15 is 0 Å². The van der Waals surface area contributed by atoms with E-state index in [0.717, 1.165) is 48.6 Å². The molecule has 402 valence electrons. The maximum atomic E-state index is 13.2. The second-order valence-corrected chi connectivity index (χ2v) is 17.5. The minimum atomic E-state index is -2.11. The summed E-state index contributed by atoms with van der Waals surface area (Å²) in [4.78, 5) is 26.1. The number of aliphatic hydroxyl groups is 8. The van der Waals surface area contributed by atoms with Crippen LogP contribution in [0.15, 0.2) is 90.7 Å². The molecule has 15 atom stereocenters. The first-order chi connectivity index (χ1) is 35.8. The van der Waals surface area contributed by atoms with Crippen molar-refractivity contribution in [3.05, 3.63) is 113 Å². The van der Waals surface area contributed by atoms with Crippen LogP contribution in [0.25, 0.3) is 18.2 Å². The number of rotatable bonds is 15. The first kappa shape index (κ1) is 54.0. The van der Waals surface area contributed by atoms with Crippen molar-refractivity contribution < 1.29 is 124 Å². The van der Waals surface area contributed by atoms with Crippen LogP contribution in [0.3, 0.4) is 0 Å². The zero-order valence-electron chi connectivity index (χ0n) is 38.8. The molecule has 0 aromatic heterocycles. The van der Waals surface area contributed by atoms with Gasteiger partial charge in [0.2, 0.25) is 12.6 Å². The van der Waals surface area contributed by atoms with E-state index in [9.17, 15) is 81.1 Å². The third kappa shape index (κ3) is 12.3. The second-order valence-electron chi connectivity index (χ2n) is 17.5. The molecule has 3 saturated heterocycles. The van der Waals surface area contributed by atoms with Crippen LogP contribution in [0, 0.1) is 0 Å². The van der Waals surface area contributed by atoms with Crippen LogP contribution in [-0.2, 0) is 42.7 Å². The lowest BCUT2D eigenvalue weighted by Gasteiger charge is -2.45. The van der Waals surface area contributed by atoms with Gasteiger partial charge in [0.1, 0.15) is 90.3 Å². The summed E-state index contributed by atoms with van der Waals surface area (Å²) in [5, 5.41) is 148. The van der Waals surface area contributed by atoms with Crippen molar-refractivity contribution >= 4 is 30.2 Å². The summed E-state index contributed by atoms with van der Waals surface area (Å²) in [6.07, 6.45) is -21.7. The van der Waals surface area contributed by atoms with Gasteiger partial charge >= 0.3 is 11.9 Å². The molecule has 8 rings (SSSR count). The average Bonchev–Trinajstić information content (AvgIpc) is 3.39. The molecule has 4 heterocycles. The van der Waals surface area contributed by atoms with Gasteiger partial charge in [0.05, 0.1) is 18.8 Å². The Labute approximate surface area is 423 Å². The standard InChI is InChI=1S/C50H52O25/c51-18-35-40(62)42(64)44(66)48(72-35)70-33-16-25(53)15-32-26(33)17-34(45(69-32)23-6-10-28(55)30(57)14-23)71-50-47(43(65)41(63)36(73-50)20-67-37(59)11-4-21-1-7-24(52)8-2-21)75-49-46(39(61)31(58)19-68-49)74-38(60)12-5-22-3-9-27(54)29(56)13-22/h1-17,31,35-36,39-58,61-66H,18-20H2. The van der Waals surface area contributed by atoms with E-state index in [1.54, 1.807) is 0 Å². The summed E-state index contributed by atoms with van der Waals surface area (Å²) in [7, 11) is 0. The highest BCUT2D eigenvalue weighted by molar-refractivity contribution is 5.88. The molecular formula is C50H52O25. The van der Waals surface area contributed by atoms with E-state index < -0.39 is 153 Å². The van der Waals surface area contributed by atoms with Crippen molar-refractivity contribution in [2.75, 3.05) is 19.8 Å². The highest BCUT2D eigenvalue weighted by Gasteiger charge is 2.52. The molecule has 25 nitrogen and oxygen atoms in total. The molecule has 0 bridgehead atoms. The van der Waals surface area contributed by atoms with Gasteiger partial charge in [-0.25, -0.2) is 9.59 Å². The second kappa shape index (κ2) is 23.1. The fraction of sp³-hybridized carbons (Fsp3) is 0.360. The average molecular weight is 1050 g/mol. The number of phenolic OH excluding ortho intramolecular Hbond substituents is 6. The summed E-state index contributed by atoms with van der Waals surface area (Å²) in [6, 6.07) is 15.1. The lowest BCUT2D eigenvalue weighted by atomic mass is 9.97. The molecule has 0 radical (unpaired) electrons.